The minimum absolute atomic E-state index is 0.0449. The van der Waals surface area contributed by atoms with Crippen LogP contribution in [0, 0.1) is 0 Å². The van der Waals surface area contributed by atoms with Gasteiger partial charge in [-0.05, 0) is 19.8 Å². The van der Waals surface area contributed by atoms with Gasteiger partial charge < -0.3 is 11.1 Å². The SMILES string of the molecule is C=C(CCCCCCCCCCCCCCC)NC(N)C(C)=O. The lowest BCUT2D eigenvalue weighted by molar-refractivity contribution is -0.118. The number of nitrogens with one attached hydrogen (secondary N) is 1. The summed E-state index contributed by atoms with van der Waals surface area (Å²) in [4.78, 5) is 11.0. The summed E-state index contributed by atoms with van der Waals surface area (Å²) in [5.41, 5.74) is 6.52. The van der Waals surface area contributed by atoms with Crippen molar-refractivity contribution in [2.45, 2.75) is 110 Å². The first-order chi connectivity index (χ1) is 11.1. The fraction of sp³-hybridized carbons (Fsp3) is 0.850. The Balaban J connectivity index is 3.21. The Morgan fingerprint density at radius 3 is 1.65 bits per heavy atom. The molecule has 0 saturated heterocycles. The Kier molecular flexibility index (Phi) is 15.5. The number of ketones is 1. The molecule has 0 rings (SSSR count). The van der Waals surface area contributed by atoms with E-state index in [1.54, 1.807) is 0 Å². The Morgan fingerprint density at radius 1 is 0.870 bits per heavy atom. The lowest BCUT2D eigenvalue weighted by Crippen LogP contribution is -2.42. The van der Waals surface area contributed by atoms with Crippen molar-refractivity contribution in [1.82, 2.24) is 5.32 Å². The molecule has 0 radical (unpaired) electrons. The van der Waals surface area contributed by atoms with E-state index in [1.807, 2.05) is 0 Å². The number of hydrogen-bond donors (Lipinski definition) is 2. The average molecular weight is 325 g/mol. The van der Waals surface area contributed by atoms with Crippen LogP contribution in [0.2, 0.25) is 0 Å². The predicted octanol–water partition coefficient (Wildman–Crippen LogP) is 5.44. The summed E-state index contributed by atoms with van der Waals surface area (Å²) in [6.45, 7) is 7.70. The molecular weight excluding hydrogens is 284 g/mol. The van der Waals surface area contributed by atoms with Gasteiger partial charge in [-0.1, -0.05) is 90.6 Å². The van der Waals surface area contributed by atoms with Gasteiger partial charge in [0.2, 0.25) is 0 Å². The second-order valence-electron chi connectivity index (χ2n) is 6.83. The van der Waals surface area contributed by atoms with Gasteiger partial charge in [0.15, 0.2) is 5.78 Å². The maximum absolute atomic E-state index is 11.0. The second-order valence-corrected chi connectivity index (χ2v) is 6.83. The number of nitrogens with two attached hydrogens (primary N) is 1. The molecule has 136 valence electrons. The summed E-state index contributed by atoms with van der Waals surface area (Å²) in [6.07, 6.45) is 18.0. The highest BCUT2D eigenvalue weighted by atomic mass is 16.1. The first kappa shape index (κ1) is 22.2. The highest BCUT2D eigenvalue weighted by Crippen LogP contribution is 2.13. The number of hydrogen-bond acceptors (Lipinski definition) is 3. The maximum Gasteiger partial charge on any atom is 0.166 e. The second kappa shape index (κ2) is 16.0. The van der Waals surface area contributed by atoms with Crippen molar-refractivity contribution in [1.29, 1.82) is 0 Å². The lowest BCUT2D eigenvalue weighted by Gasteiger charge is -2.14. The average Bonchev–Trinajstić information content (AvgIpc) is 2.51. The molecule has 0 spiro atoms. The van der Waals surface area contributed by atoms with Crippen LogP contribution >= 0.6 is 0 Å². The normalized spacial score (nSPS) is 12.1. The molecule has 0 aromatic rings. The van der Waals surface area contributed by atoms with E-state index in [9.17, 15) is 4.79 Å². The molecule has 0 aromatic heterocycles. The molecule has 1 unspecified atom stereocenters. The summed E-state index contributed by atoms with van der Waals surface area (Å²) >= 11 is 0. The van der Waals surface area contributed by atoms with Crippen molar-refractivity contribution in [3.05, 3.63) is 12.3 Å². The van der Waals surface area contributed by atoms with Crippen LogP contribution in [0.3, 0.4) is 0 Å². The summed E-state index contributed by atoms with van der Waals surface area (Å²) in [5, 5.41) is 2.96. The maximum atomic E-state index is 11.0. The van der Waals surface area contributed by atoms with Gasteiger partial charge >= 0.3 is 0 Å². The topological polar surface area (TPSA) is 55.1 Å². The number of carbonyl (C=O) groups excluding carboxylic acids is 1. The largest absolute Gasteiger partial charge is 0.368 e. The fourth-order valence-corrected chi connectivity index (χ4v) is 2.75. The van der Waals surface area contributed by atoms with Crippen molar-refractivity contribution in [2.24, 2.45) is 5.73 Å². The minimum atomic E-state index is -0.593. The minimum Gasteiger partial charge on any atom is -0.368 e. The monoisotopic (exact) mass is 324 g/mol. The van der Waals surface area contributed by atoms with E-state index < -0.39 is 6.17 Å². The van der Waals surface area contributed by atoms with Gasteiger partial charge in [-0.2, -0.15) is 0 Å². The van der Waals surface area contributed by atoms with E-state index in [4.69, 9.17) is 5.73 Å². The molecule has 3 nitrogen and oxygen atoms in total. The molecule has 0 fully saturated rings. The van der Waals surface area contributed by atoms with Crippen LogP contribution in [-0.4, -0.2) is 11.9 Å². The molecule has 23 heavy (non-hydrogen) atoms. The molecule has 0 amide bonds. The number of unbranched alkanes of at least 4 members (excludes halogenated alkanes) is 12. The zero-order valence-electron chi connectivity index (χ0n) is 15.7. The van der Waals surface area contributed by atoms with E-state index in [2.05, 4.69) is 18.8 Å². The van der Waals surface area contributed by atoms with Crippen molar-refractivity contribution >= 4 is 5.78 Å². The number of rotatable bonds is 17. The van der Waals surface area contributed by atoms with Crippen molar-refractivity contribution in [2.75, 3.05) is 0 Å². The molecule has 0 aromatic carbocycles. The third-order valence-corrected chi connectivity index (χ3v) is 4.38. The summed E-state index contributed by atoms with van der Waals surface area (Å²) in [6, 6.07) is 0. The molecule has 0 heterocycles. The molecular formula is C20H40N2O. The van der Waals surface area contributed by atoms with Crippen LogP contribution in [0.1, 0.15) is 104 Å². The van der Waals surface area contributed by atoms with Crippen LogP contribution in [0.5, 0.6) is 0 Å². The van der Waals surface area contributed by atoms with Gasteiger partial charge in [0.05, 0.1) is 0 Å². The van der Waals surface area contributed by atoms with Crippen LogP contribution < -0.4 is 11.1 Å². The standard InChI is InChI=1S/C20H40N2O/c1-4-5-6-7-8-9-10-11-12-13-14-15-16-17-18(2)22-20(21)19(3)23/h20,22H,2,4-17,21H2,1,3H3. The summed E-state index contributed by atoms with van der Waals surface area (Å²) < 4.78 is 0. The van der Waals surface area contributed by atoms with E-state index in [-0.39, 0.29) is 5.78 Å². The Hall–Kier alpha value is -0.830. The van der Waals surface area contributed by atoms with E-state index in [0.29, 0.717) is 0 Å². The van der Waals surface area contributed by atoms with Gasteiger partial charge in [-0.15, -0.1) is 0 Å². The quantitative estimate of drug-likeness (QED) is 0.276. The van der Waals surface area contributed by atoms with E-state index in [1.165, 1.54) is 84.0 Å². The molecule has 0 aliphatic heterocycles. The summed E-state index contributed by atoms with van der Waals surface area (Å²) in [5.74, 6) is -0.0449. The fourth-order valence-electron chi connectivity index (χ4n) is 2.75. The van der Waals surface area contributed by atoms with Crippen LogP contribution in [-0.2, 0) is 4.79 Å². The molecule has 3 N–H and O–H groups in total. The molecule has 3 heteroatoms. The first-order valence-electron chi connectivity index (χ1n) is 9.78. The molecule has 0 bridgehead atoms. The van der Waals surface area contributed by atoms with Crippen molar-refractivity contribution in [3.63, 3.8) is 0 Å². The Labute approximate surface area is 144 Å². The van der Waals surface area contributed by atoms with Crippen LogP contribution in [0.15, 0.2) is 12.3 Å². The summed E-state index contributed by atoms with van der Waals surface area (Å²) in [7, 11) is 0. The molecule has 0 aliphatic rings. The van der Waals surface area contributed by atoms with E-state index in [0.717, 1.165) is 18.5 Å². The molecule has 1 atom stereocenters. The van der Waals surface area contributed by atoms with Crippen molar-refractivity contribution in [3.8, 4) is 0 Å². The Bertz CT molecular complexity index is 302. The van der Waals surface area contributed by atoms with Crippen LogP contribution in [0.4, 0.5) is 0 Å². The van der Waals surface area contributed by atoms with Crippen molar-refractivity contribution < 1.29 is 4.79 Å². The smallest absolute Gasteiger partial charge is 0.166 e. The number of carbonyl (C=O) groups is 1. The van der Waals surface area contributed by atoms with Gasteiger partial charge in [-0.3, -0.25) is 4.79 Å². The molecule has 0 saturated carbocycles. The third kappa shape index (κ3) is 15.8. The number of allylic oxidation sites excluding steroid dienone is 1. The first-order valence-corrected chi connectivity index (χ1v) is 9.78. The zero-order chi connectivity index (χ0) is 17.3. The van der Waals surface area contributed by atoms with E-state index >= 15 is 0 Å². The van der Waals surface area contributed by atoms with Gasteiger partial charge in [0.25, 0.3) is 0 Å². The Morgan fingerprint density at radius 2 is 1.26 bits per heavy atom. The predicted molar refractivity (Wildman–Crippen MR) is 101 cm³/mol. The van der Waals surface area contributed by atoms with Gasteiger partial charge in [0, 0.05) is 5.70 Å². The third-order valence-electron chi connectivity index (χ3n) is 4.38. The van der Waals surface area contributed by atoms with Gasteiger partial charge in [0.1, 0.15) is 6.17 Å². The zero-order valence-corrected chi connectivity index (χ0v) is 15.7. The number of Topliss-reactive ketones (excluding diaryl/α,β-unsaturated/α-hetero) is 1. The lowest BCUT2D eigenvalue weighted by atomic mass is 10.0. The van der Waals surface area contributed by atoms with Gasteiger partial charge in [-0.25, -0.2) is 0 Å². The molecule has 0 aliphatic carbocycles. The highest BCUT2D eigenvalue weighted by molar-refractivity contribution is 5.80. The van der Waals surface area contributed by atoms with Crippen LogP contribution in [0.25, 0.3) is 0 Å². The highest BCUT2D eigenvalue weighted by Gasteiger charge is 2.07.